The Morgan fingerprint density at radius 2 is 1.61 bits per heavy atom. The van der Waals surface area contributed by atoms with E-state index in [4.69, 9.17) is 9.47 Å². The number of alkyl carbamates (subject to hydrolysis) is 1. The summed E-state index contributed by atoms with van der Waals surface area (Å²) in [4.78, 5) is 36.9. The van der Waals surface area contributed by atoms with Crippen molar-refractivity contribution < 1.29 is 34.1 Å². The van der Waals surface area contributed by atoms with Gasteiger partial charge in [-0.2, -0.15) is 0 Å². The number of esters is 1. The molecule has 0 fully saturated rings. The molecule has 0 saturated heterocycles. The minimum absolute atomic E-state index is 0.00748. The number of aliphatic hydroxyl groups excluding tert-OH is 1. The summed E-state index contributed by atoms with van der Waals surface area (Å²) in [5.74, 6) is -1.41. The number of amides is 2. The fourth-order valence-electron chi connectivity index (χ4n) is 2.76. The van der Waals surface area contributed by atoms with Gasteiger partial charge in [0.05, 0.1) is 13.2 Å². The third-order valence-corrected chi connectivity index (χ3v) is 4.43. The van der Waals surface area contributed by atoms with Crippen molar-refractivity contribution in [2.45, 2.75) is 38.1 Å². The van der Waals surface area contributed by atoms with Crippen LogP contribution in [0, 0.1) is 0 Å². The van der Waals surface area contributed by atoms with Crippen LogP contribution in [0.3, 0.4) is 0 Å². The lowest BCUT2D eigenvalue weighted by Crippen LogP contribution is -2.56. The van der Waals surface area contributed by atoms with Crippen LogP contribution in [-0.2, 0) is 32.1 Å². The van der Waals surface area contributed by atoms with Gasteiger partial charge in [0.15, 0.2) is 0 Å². The highest BCUT2D eigenvalue weighted by Gasteiger charge is 2.30. The Balaban J connectivity index is 2.00. The predicted octanol–water partition coefficient (Wildman–Crippen LogP) is 1.27. The Labute approximate surface area is 180 Å². The summed E-state index contributed by atoms with van der Waals surface area (Å²) in [5, 5.41) is 24.2. The van der Waals surface area contributed by atoms with Gasteiger partial charge in [0.25, 0.3) is 0 Å². The van der Waals surface area contributed by atoms with Gasteiger partial charge >= 0.3 is 12.1 Å². The number of benzene rings is 2. The quantitative estimate of drug-likeness (QED) is 0.440. The van der Waals surface area contributed by atoms with E-state index in [9.17, 15) is 24.6 Å². The summed E-state index contributed by atoms with van der Waals surface area (Å²) in [6, 6.07) is 12.7. The maximum Gasteiger partial charge on any atom is 0.408 e. The molecule has 0 heterocycles. The van der Waals surface area contributed by atoms with Crippen molar-refractivity contribution in [2.75, 3.05) is 7.11 Å². The van der Waals surface area contributed by atoms with Crippen molar-refractivity contribution in [3.8, 4) is 5.75 Å². The first-order valence-corrected chi connectivity index (χ1v) is 9.61. The molecule has 4 N–H and O–H groups in total. The van der Waals surface area contributed by atoms with Crippen LogP contribution in [0.1, 0.15) is 18.1 Å². The molecular formula is C22H26N2O7. The van der Waals surface area contributed by atoms with Gasteiger partial charge in [-0.05, 0) is 30.2 Å². The summed E-state index contributed by atoms with van der Waals surface area (Å²) < 4.78 is 9.82. The molecule has 166 valence electrons. The highest BCUT2D eigenvalue weighted by molar-refractivity contribution is 5.90. The number of carbonyl (C=O) groups is 3. The van der Waals surface area contributed by atoms with Gasteiger partial charge in [0, 0.05) is 6.42 Å². The summed E-state index contributed by atoms with van der Waals surface area (Å²) in [7, 11) is 1.18. The fraction of sp³-hybridized carbons (Fsp3) is 0.318. The largest absolute Gasteiger partial charge is 0.508 e. The standard InChI is InChI=1S/C22H26N2O7/c1-14(25)19(24-22(29)31-13-16-6-4-3-5-7-16)20(27)23-18(21(28)30-2)12-15-8-10-17(26)11-9-15/h3-11,14,18-19,25-26H,12-13H2,1-2H3,(H,23,27)(H,24,29). The lowest BCUT2D eigenvalue weighted by Gasteiger charge is -2.23. The normalized spacial score (nSPS) is 13.4. The molecule has 9 heteroatoms. The fourth-order valence-corrected chi connectivity index (χ4v) is 2.76. The average molecular weight is 430 g/mol. The number of aromatic hydroxyl groups is 1. The van der Waals surface area contributed by atoms with E-state index in [2.05, 4.69) is 10.6 Å². The van der Waals surface area contributed by atoms with E-state index in [1.165, 1.54) is 26.2 Å². The van der Waals surface area contributed by atoms with Gasteiger partial charge in [0.2, 0.25) is 5.91 Å². The number of ether oxygens (including phenoxy) is 2. The SMILES string of the molecule is COC(=O)C(Cc1ccc(O)cc1)NC(=O)C(NC(=O)OCc1ccccc1)C(C)O. The molecule has 2 rings (SSSR count). The Morgan fingerprint density at radius 3 is 2.19 bits per heavy atom. The first kappa shape index (κ1) is 23.7. The molecule has 0 radical (unpaired) electrons. The maximum atomic E-state index is 12.7. The van der Waals surface area contributed by atoms with Gasteiger partial charge < -0.3 is 30.3 Å². The molecule has 3 unspecified atom stereocenters. The molecule has 0 aliphatic carbocycles. The Morgan fingerprint density at radius 1 is 0.968 bits per heavy atom. The third-order valence-electron chi connectivity index (χ3n) is 4.43. The zero-order valence-corrected chi connectivity index (χ0v) is 17.3. The lowest BCUT2D eigenvalue weighted by molar-refractivity contribution is -0.145. The minimum atomic E-state index is -1.35. The lowest BCUT2D eigenvalue weighted by atomic mass is 10.0. The number of aliphatic hydroxyl groups is 1. The molecule has 0 bridgehead atoms. The van der Waals surface area contributed by atoms with Crippen LogP contribution in [0.15, 0.2) is 54.6 Å². The molecule has 0 saturated carbocycles. The van der Waals surface area contributed by atoms with Gasteiger partial charge in [-0.3, -0.25) is 4.79 Å². The summed E-state index contributed by atoms with van der Waals surface area (Å²) in [6.45, 7) is 1.32. The molecule has 9 nitrogen and oxygen atoms in total. The van der Waals surface area contributed by atoms with Crippen LogP contribution in [0.4, 0.5) is 4.79 Å². The zero-order chi connectivity index (χ0) is 22.8. The Kier molecular flexibility index (Phi) is 8.83. The van der Waals surface area contributed by atoms with E-state index in [1.54, 1.807) is 36.4 Å². The number of carbonyl (C=O) groups excluding carboxylic acids is 3. The van der Waals surface area contributed by atoms with E-state index < -0.39 is 36.2 Å². The van der Waals surface area contributed by atoms with Crippen LogP contribution in [0.2, 0.25) is 0 Å². The number of hydrogen-bond donors (Lipinski definition) is 4. The second kappa shape index (κ2) is 11.6. The number of methoxy groups -OCH3 is 1. The smallest absolute Gasteiger partial charge is 0.408 e. The van der Waals surface area contributed by atoms with Crippen LogP contribution < -0.4 is 10.6 Å². The van der Waals surface area contributed by atoms with E-state index in [0.717, 1.165) is 5.56 Å². The number of rotatable bonds is 9. The molecule has 31 heavy (non-hydrogen) atoms. The van der Waals surface area contributed by atoms with Gasteiger partial charge in [-0.15, -0.1) is 0 Å². The first-order valence-electron chi connectivity index (χ1n) is 9.61. The third kappa shape index (κ3) is 7.63. The summed E-state index contributed by atoms with van der Waals surface area (Å²) in [6.07, 6.45) is -2.06. The van der Waals surface area contributed by atoms with E-state index in [0.29, 0.717) is 5.56 Å². The summed E-state index contributed by atoms with van der Waals surface area (Å²) >= 11 is 0. The van der Waals surface area contributed by atoms with Crippen molar-refractivity contribution in [1.82, 2.24) is 10.6 Å². The second-order valence-electron chi connectivity index (χ2n) is 6.88. The monoisotopic (exact) mass is 430 g/mol. The number of phenolic OH excluding ortho intramolecular Hbond substituents is 1. The highest BCUT2D eigenvalue weighted by Crippen LogP contribution is 2.12. The van der Waals surface area contributed by atoms with Crippen molar-refractivity contribution in [1.29, 1.82) is 0 Å². The van der Waals surface area contributed by atoms with Crippen molar-refractivity contribution >= 4 is 18.0 Å². The number of nitrogens with one attached hydrogen (secondary N) is 2. The van der Waals surface area contributed by atoms with Gasteiger partial charge in [-0.1, -0.05) is 42.5 Å². The number of phenols is 1. The predicted molar refractivity (Wildman–Crippen MR) is 111 cm³/mol. The van der Waals surface area contributed by atoms with E-state index >= 15 is 0 Å². The molecule has 2 aromatic carbocycles. The molecule has 0 aliphatic heterocycles. The molecule has 0 aromatic heterocycles. The molecular weight excluding hydrogens is 404 g/mol. The first-order chi connectivity index (χ1) is 14.8. The van der Waals surface area contributed by atoms with E-state index in [-0.39, 0.29) is 18.8 Å². The summed E-state index contributed by atoms with van der Waals surface area (Å²) in [5.41, 5.74) is 1.42. The zero-order valence-electron chi connectivity index (χ0n) is 17.3. The Bertz CT molecular complexity index is 869. The van der Waals surface area contributed by atoms with Crippen LogP contribution in [-0.4, -0.2) is 53.5 Å². The van der Waals surface area contributed by atoms with Crippen LogP contribution in [0.5, 0.6) is 5.75 Å². The average Bonchev–Trinajstić information content (AvgIpc) is 2.76. The molecule has 2 amide bonds. The Hall–Kier alpha value is -3.59. The highest BCUT2D eigenvalue weighted by atomic mass is 16.5. The maximum absolute atomic E-state index is 12.7. The van der Waals surface area contributed by atoms with E-state index in [1.807, 2.05) is 6.07 Å². The van der Waals surface area contributed by atoms with Crippen LogP contribution >= 0.6 is 0 Å². The van der Waals surface area contributed by atoms with Gasteiger partial charge in [0.1, 0.15) is 24.4 Å². The van der Waals surface area contributed by atoms with Crippen molar-refractivity contribution in [3.05, 3.63) is 65.7 Å². The number of hydrogen-bond acceptors (Lipinski definition) is 7. The van der Waals surface area contributed by atoms with Crippen molar-refractivity contribution in [2.24, 2.45) is 0 Å². The van der Waals surface area contributed by atoms with Crippen LogP contribution in [0.25, 0.3) is 0 Å². The second-order valence-corrected chi connectivity index (χ2v) is 6.88. The topological polar surface area (TPSA) is 134 Å². The molecule has 2 aromatic rings. The molecule has 0 spiro atoms. The molecule has 3 atom stereocenters. The van der Waals surface area contributed by atoms with Crippen molar-refractivity contribution in [3.63, 3.8) is 0 Å². The minimum Gasteiger partial charge on any atom is -0.508 e. The molecule has 0 aliphatic rings. The van der Waals surface area contributed by atoms with Gasteiger partial charge in [-0.25, -0.2) is 9.59 Å².